The Morgan fingerprint density at radius 3 is 2.35 bits per heavy atom. The van der Waals surface area contributed by atoms with Crippen molar-refractivity contribution in [1.29, 1.82) is 0 Å². The van der Waals surface area contributed by atoms with E-state index in [9.17, 15) is 18.0 Å². The number of nitrogens with one attached hydrogen (secondary N) is 2. The summed E-state index contributed by atoms with van der Waals surface area (Å²) in [7, 11) is 2.69. The van der Waals surface area contributed by atoms with Crippen molar-refractivity contribution < 1.29 is 27.4 Å². The van der Waals surface area contributed by atoms with Crippen LogP contribution in [0.5, 0.6) is 11.5 Å². The summed E-state index contributed by atoms with van der Waals surface area (Å²) in [5.74, 6) is 0.441. The fourth-order valence-corrected chi connectivity index (χ4v) is 1.54. The molecule has 1 aromatic rings. The van der Waals surface area contributed by atoms with Crippen molar-refractivity contribution in [2.75, 3.05) is 26.1 Å². The Hall–Kier alpha value is -1.83. The van der Waals surface area contributed by atoms with Crippen LogP contribution in [0.2, 0.25) is 5.02 Å². The Kier molecular flexibility index (Phi) is 5.32. The molecular formula is C11H12ClF3N2O3. The Balaban J connectivity index is 2.83. The summed E-state index contributed by atoms with van der Waals surface area (Å²) >= 11 is 5.86. The maximum atomic E-state index is 12.0. The molecule has 1 rings (SSSR count). The van der Waals surface area contributed by atoms with Gasteiger partial charge in [-0.05, 0) is 0 Å². The molecule has 5 nitrogen and oxygen atoms in total. The van der Waals surface area contributed by atoms with Crippen molar-refractivity contribution in [1.82, 2.24) is 5.32 Å². The van der Waals surface area contributed by atoms with Crippen molar-refractivity contribution in [2.24, 2.45) is 0 Å². The van der Waals surface area contributed by atoms with Crippen LogP contribution in [0, 0.1) is 0 Å². The molecule has 0 fully saturated rings. The second-order valence-electron chi connectivity index (χ2n) is 3.61. The molecule has 0 aliphatic carbocycles. The molecule has 2 N–H and O–H groups in total. The van der Waals surface area contributed by atoms with Crippen LogP contribution in [-0.2, 0) is 0 Å². The Morgan fingerprint density at radius 2 is 1.85 bits per heavy atom. The molecule has 0 aliphatic heterocycles. The lowest BCUT2D eigenvalue weighted by molar-refractivity contribution is -0.122. The first-order valence-corrected chi connectivity index (χ1v) is 5.67. The molecular weight excluding hydrogens is 301 g/mol. The Labute approximate surface area is 118 Å². The third-order valence-electron chi connectivity index (χ3n) is 2.17. The van der Waals surface area contributed by atoms with Gasteiger partial charge in [0.05, 0.1) is 24.9 Å². The van der Waals surface area contributed by atoms with Crippen LogP contribution in [-0.4, -0.2) is 33.0 Å². The molecule has 9 heteroatoms. The van der Waals surface area contributed by atoms with Crippen molar-refractivity contribution in [3.05, 3.63) is 17.2 Å². The molecule has 0 saturated carbocycles. The number of benzene rings is 1. The molecule has 0 bridgehead atoms. The van der Waals surface area contributed by atoms with Crippen molar-refractivity contribution in [3.8, 4) is 11.5 Å². The van der Waals surface area contributed by atoms with E-state index in [0.29, 0.717) is 0 Å². The van der Waals surface area contributed by atoms with Gasteiger partial charge in [0.25, 0.3) is 0 Å². The normalized spacial score (nSPS) is 10.9. The largest absolute Gasteiger partial charge is 0.495 e. The van der Waals surface area contributed by atoms with Gasteiger partial charge in [-0.2, -0.15) is 13.2 Å². The van der Waals surface area contributed by atoms with E-state index in [1.165, 1.54) is 26.4 Å². The van der Waals surface area contributed by atoms with Crippen molar-refractivity contribution >= 4 is 23.3 Å². The second kappa shape index (κ2) is 6.56. The van der Waals surface area contributed by atoms with Crippen molar-refractivity contribution in [3.63, 3.8) is 0 Å². The fraction of sp³-hybridized carbons (Fsp3) is 0.364. The lowest BCUT2D eigenvalue weighted by atomic mass is 10.2. The van der Waals surface area contributed by atoms with Gasteiger partial charge in [-0.15, -0.1) is 0 Å². The molecule has 0 heterocycles. The summed E-state index contributed by atoms with van der Waals surface area (Å²) < 4.78 is 45.8. The maximum Gasteiger partial charge on any atom is 0.405 e. The fourth-order valence-electron chi connectivity index (χ4n) is 1.31. The van der Waals surface area contributed by atoms with Gasteiger partial charge in [-0.25, -0.2) is 4.79 Å². The number of hydrogen-bond acceptors (Lipinski definition) is 3. The molecule has 20 heavy (non-hydrogen) atoms. The summed E-state index contributed by atoms with van der Waals surface area (Å²) in [5.41, 5.74) is 0.133. The van der Waals surface area contributed by atoms with Gasteiger partial charge in [0.1, 0.15) is 18.0 Å². The van der Waals surface area contributed by atoms with Gasteiger partial charge >= 0.3 is 12.2 Å². The number of amides is 2. The highest BCUT2D eigenvalue weighted by Gasteiger charge is 2.27. The van der Waals surface area contributed by atoms with Gasteiger partial charge in [0.2, 0.25) is 0 Å². The summed E-state index contributed by atoms with van der Waals surface area (Å²) in [6, 6.07) is 1.69. The van der Waals surface area contributed by atoms with Crippen LogP contribution in [0.4, 0.5) is 23.7 Å². The van der Waals surface area contributed by atoms with E-state index in [-0.39, 0.29) is 22.2 Å². The predicted octanol–water partition coefficient (Wildman–Crippen LogP) is 3.04. The van der Waals surface area contributed by atoms with Gasteiger partial charge in [0.15, 0.2) is 0 Å². The number of urea groups is 1. The van der Waals surface area contributed by atoms with Crippen molar-refractivity contribution in [2.45, 2.75) is 6.18 Å². The number of methoxy groups -OCH3 is 2. The summed E-state index contributed by atoms with van der Waals surface area (Å²) in [6.45, 7) is -1.44. The number of alkyl halides is 3. The number of halogens is 4. The number of carbonyl (C=O) groups excluding carboxylic acids is 1. The summed E-state index contributed by atoms with van der Waals surface area (Å²) in [5, 5.41) is 4.13. The third-order valence-corrected chi connectivity index (χ3v) is 2.47. The predicted molar refractivity (Wildman–Crippen MR) is 67.6 cm³/mol. The van der Waals surface area contributed by atoms with Crippen LogP contribution < -0.4 is 20.1 Å². The minimum absolute atomic E-state index is 0.133. The van der Waals surface area contributed by atoms with E-state index in [4.69, 9.17) is 21.1 Å². The smallest absolute Gasteiger partial charge is 0.405 e. The van der Waals surface area contributed by atoms with E-state index in [1.807, 2.05) is 0 Å². The number of hydrogen-bond donors (Lipinski definition) is 2. The average Bonchev–Trinajstić information content (AvgIpc) is 2.37. The van der Waals surface area contributed by atoms with Crippen LogP contribution in [0.25, 0.3) is 0 Å². The van der Waals surface area contributed by atoms with Gasteiger partial charge in [-0.3, -0.25) is 0 Å². The van der Waals surface area contributed by atoms with Gasteiger partial charge < -0.3 is 20.1 Å². The average molecular weight is 313 g/mol. The highest BCUT2D eigenvalue weighted by molar-refractivity contribution is 6.32. The zero-order valence-corrected chi connectivity index (χ0v) is 11.4. The molecule has 2 amide bonds. The van der Waals surface area contributed by atoms with E-state index in [1.54, 1.807) is 5.32 Å². The zero-order valence-electron chi connectivity index (χ0n) is 10.6. The molecule has 112 valence electrons. The van der Waals surface area contributed by atoms with Crippen LogP contribution in [0.15, 0.2) is 12.1 Å². The van der Waals surface area contributed by atoms with E-state index in [0.717, 1.165) is 0 Å². The minimum atomic E-state index is -4.49. The molecule has 0 spiro atoms. The highest BCUT2D eigenvalue weighted by Crippen LogP contribution is 2.35. The van der Waals surface area contributed by atoms with Crippen LogP contribution in [0.3, 0.4) is 0 Å². The lowest BCUT2D eigenvalue weighted by Gasteiger charge is -2.14. The number of carbonyl (C=O) groups is 1. The molecule has 1 aromatic carbocycles. The molecule has 0 atom stereocenters. The molecule has 0 unspecified atom stereocenters. The third kappa shape index (κ3) is 4.69. The van der Waals surface area contributed by atoms with Crippen LogP contribution in [0.1, 0.15) is 0 Å². The van der Waals surface area contributed by atoms with Gasteiger partial charge in [0, 0.05) is 12.1 Å². The standard InChI is InChI=1S/C11H12ClF3N2O3/c1-19-8-4-7(9(20-2)3-6(8)12)17-10(18)16-5-11(13,14)15/h3-4H,5H2,1-2H3,(H2,16,17,18). The van der Waals surface area contributed by atoms with E-state index < -0.39 is 18.8 Å². The molecule has 0 aliphatic rings. The summed E-state index contributed by atoms with van der Waals surface area (Å²) in [4.78, 5) is 11.4. The second-order valence-corrected chi connectivity index (χ2v) is 4.02. The van der Waals surface area contributed by atoms with Gasteiger partial charge in [-0.1, -0.05) is 11.6 Å². The first-order valence-electron chi connectivity index (χ1n) is 5.30. The number of rotatable bonds is 4. The number of ether oxygens (including phenoxy) is 2. The lowest BCUT2D eigenvalue weighted by Crippen LogP contribution is -2.36. The van der Waals surface area contributed by atoms with E-state index >= 15 is 0 Å². The highest BCUT2D eigenvalue weighted by atomic mass is 35.5. The van der Waals surface area contributed by atoms with Crippen LogP contribution >= 0.6 is 11.6 Å². The Morgan fingerprint density at radius 1 is 1.25 bits per heavy atom. The molecule has 0 aromatic heterocycles. The van der Waals surface area contributed by atoms with E-state index in [2.05, 4.69) is 5.32 Å². The molecule has 0 saturated heterocycles. The minimum Gasteiger partial charge on any atom is -0.495 e. The quantitative estimate of drug-likeness (QED) is 0.898. The maximum absolute atomic E-state index is 12.0. The topological polar surface area (TPSA) is 59.6 Å². The molecule has 0 radical (unpaired) electrons. The summed E-state index contributed by atoms with van der Waals surface area (Å²) in [6.07, 6.45) is -4.49. The Bertz CT molecular complexity index is 495. The first-order chi connectivity index (χ1) is 9.26. The number of anilines is 1. The SMILES string of the molecule is COc1cc(NC(=O)NCC(F)(F)F)c(OC)cc1Cl. The first kappa shape index (κ1) is 16.2. The zero-order chi connectivity index (χ0) is 15.3. The monoisotopic (exact) mass is 312 g/mol.